The second-order valence-corrected chi connectivity index (χ2v) is 8.59. The quantitative estimate of drug-likeness (QED) is 0.419. The number of hydrogen-bond acceptors (Lipinski definition) is 4. The van der Waals surface area contributed by atoms with Gasteiger partial charge in [0, 0.05) is 11.8 Å². The molecule has 6 nitrogen and oxygen atoms in total. The number of fused-ring (bicyclic) bond motifs is 1. The summed E-state index contributed by atoms with van der Waals surface area (Å²) in [5, 5.41) is 4.84. The van der Waals surface area contributed by atoms with Crippen LogP contribution in [0.1, 0.15) is 11.3 Å². The van der Waals surface area contributed by atoms with E-state index in [2.05, 4.69) is 10.0 Å². The third-order valence-electron chi connectivity index (χ3n) is 4.67. The van der Waals surface area contributed by atoms with Crippen LogP contribution in [-0.4, -0.2) is 14.3 Å². The fourth-order valence-corrected chi connectivity index (χ4v) is 4.19. The van der Waals surface area contributed by atoms with E-state index in [1.165, 1.54) is 24.5 Å². The Balaban J connectivity index is 1.45. The van der Waals surface area contributed by atoms with Crippen LogP contribution in [0.15, 0.2) is 101 Å². The Morgan fingerprint density at radius 1 is 0.935 bits per heavy atom. The SMILES string of the molecule is O=C(/C=C/c1cccc2ccccc12)Nc1cccc(S(=O)(=O)NCc2ccco2)c1. The van der Waals surface area contributed by atoms with Crippen LogP contribution in [0.3, 0.4) is 0 Å². The first-order chi connectivity index (χ1) is 15.0. The molecule has 0 aliphatic rings. The van der Waals surface area contributed by atoms with E-state index in [1.807, 2.05) is 42.5 Å². The number of carbonyl (C=O) groups is 1. The number of furan rings is 1. The normalized spacial score (nSPS) is 11.7. The van der Waals surface area contributed by atoms with Crippen LogP contribution in [0, 0.1) is 0 Å². The molecule has 0 unspecified atom stereocenters. The Bertz CT molecular complexity index is 1340. The summed E-state index contributed by atoms with van der Waals surface area (Å²) in [4.78, 5) is 12.4. The van der Waals surface area contributed by atoms with Crippen molar-refractivity contribution < 1.29 is 17.6 Å². The fraction of sp³-hybridized carbons (Fsp3) is 0.0417. The molecule has 0 atom stereocenters. The zero-order valence-electron chi connectivity index (χ0n) is 16.5. The third kappa shape index (κ3) is 5.09. The Hall–Kier alpha value is -3.68. The van der Waals surface area contributed by atoms with Gasteiger partial charge in [-0.3, -0.25) is 4.79 Å². The van der Waals surface area contributed by atoms with E-state index >= 15 is 0 Å². The number of hydrogen-bond donors (Lipinski definition) is 2. The Kier molecular flexibility index (Phi) is 5.97. The third-order valence-corrected chi connectivity index (χ3v) is 6.06. The molecule has 4 rings (SSSR count). The molecule has 0 saturated heterocycles. The van der Waals surface area contributed by atoms with Crippen LogP contribution in [0.4, 0.5) is 5.69 Å². The molecule has 1 heterocycles. The monoisotopic (exact) mass is 432 g/mol. The highest BCUT2D eigenvalue weighted by molar-refractivity contribution is 7.89. The standard InChI is InChI=1S/C24H20N2O4S/c27-24(14-13-19-8-3-7-18-6-1-2-12-23(18)19)26-20-9-4-11-22(16-20)31(28,29)25-17-21-10-5-15-30-21/h1-16,25H,17H2,(H,26,27)/b14-13+. The lowest BCUT2D eigenvalue weighted by molar-refractivity contribution is -0.111. The second-order valence-electron chi connectivity index (χ2n) is 6.82. The minimum absolute atomic E-state index is 0.0414. The van der Waals surface area contributed by atoms with Gasteiger partial charge in [-0.25, -0.2) is 13.1 Å². The molecular weight excluding hydrogens is 412 g/mol. The van der Waals surface area contributed by atoms with Gasteiger partial charge >= 0.3 is 0 Å². The molecular formula is C24H20N2O4S. The minimum atomic E-state index is -3.75. The van der Waals surface area contributed by atoms with Crippen LogP contribution in [0.2, 0.25) is 0 Å². The summed E-state index contributed by atoms with van der Waals surface area (Å²) in [7, 11) is -3.75. The summed E-state index contributed by atoms with van der Waals surface area (Å²) < 4.78 is 32.7. The number of amides is 1. The first-order valence-electron chi connectivity index (χ1n) is 9.60. The van der Waals surface area contributed by atoms with Crippen molar-refractivity contribution in [2.75, 3.05) is 5.32 Å². The van der Waals surface area contributed by atoms with Gasteiger partial charge < -0.3 is 9.73 Å². The molecule has 0 spiro atoms. The highest BCUT2D eigenvalue weighted by Gasteiger charge is 2.15. The van der Waals surface area contributed by atoms with Gasteiger partial charge in [-0.1, -0.05) is 48.5 Å². The average molecular weight is 433 g/mol. The number of benzene rings is 3. The number of sulfonamides is 1. The van der Waals surface area contributed by atoms with Gasteiger partial charge in [-0.2, -0.15) is 0 Å². The van der Waals surface area contributed by atoms with E-state index in [-0.39, 0.29) is 17.3 Å². The van der Waals surface area contributed by atoms with E-state index in [1.54, 1.807) is 30.3 Å². The Morgan fingerprint density at radius 2 is 1.74 bits per heavy atom. The van der Waals surface area contributed by atoms with Crippen molar-refractivity contribution in [3.63, 3.8) is 0 Å². The summed E-state index contributed by atoms with van der Waals surface area (Å²) in [6, 6.07) is 23.3. The van der Waals surface area contributed by atoms with E-state index in [0.29, 0.717) is 11.4 Å². The van der Waals surface area contributed by atoms with E-state index < -0.39 is 10.0 Å². The van der Waals surface area contributed by atoms with Crippen LogP contribution in [0.5, 0.6) is 0 Å². The number of nitrogens with one attached hydrogen (secondary N) is 2. The molecule has 0 fully saturated rings. The van der Waals surface area contributed by atoms with Crippen molar-refractivity contribution in [3.8, 4) is 0 Å². The van der Waals surface area contributed by atoms with Crippen LogP contribution in [-0.2, 0) is 21.4 Å². The lowest BCUT2D eigenvalue weighted by Crippen LogP contribution is -2.23. The van der Waals surface area contributed by atoms with Gasteiger partial charge in [-0.15, -0.1) is 0 Å². The molecule has 4 aromatic rings. The van der Waals surface area contributed by atoms with Gasteiger partial charge in [0.25, 0.3) is 0 Å². The summed E-state index contributed by atoms with van der Waals surface area (Å²) in [6.45, 7) is 0.0414. The molecule has 156 valence electrons. The van der Waals surface area contributed by atoms with Gasteiger partial charge in [0.1, 0.15) is 5.76 Å². The number of rotatable bonds is 7. The summed E-state index contributed by atoms with van der Waals surface area (Å²) in [5.74, 6) is 0.151. The maximum atomic E-state index is 12.5. The Morgan fingerprint density at radius 3 is 2.58 bits per heavy atom. The largest absolute Gasteiger partial charge is 0.468 e. The van der Waals surface area contributed by atoms with E-state index in [0.717, 1.165) is 16.3 Å². The van der Waals surface area contributed by atoms with Crippen molar-refractivity contribution in [2.24, 2.45) is 0 Å². The second kappa shape index (κ2) is 8.99. The highest BCUT2D eigenvalue weighted by Crippen LogP contribution is 2.20. The fourth-order valence-electron chi connectivity index (χ4n) is 3.15. The van der Waals surface area contributed by atoms with Crippen LogP contribution >= 0.6 is 0 Å². The molecule has 0 bridgehead atoms. The maximum absolute atomic E-state index is 12.5. The van der Waals surface area contributed by atoms with Crippen LogP contribution < -0.4 is 10.0 Å². The average Bonchev–Trinajstić information content (AvgIpc) is 3.30. The van der Waals surface area contributed by atoms with Gasteiger partial charge in [0.05, 0.1) is 17.7 Å². The van der Waals surface area contributed by atoms with Crippen molar-refractivity contribution in [1.82, 2.24) is 4.72 Å². The maximum Gasteiger partial charge on any atom is 0.248 e. The lowest BCUT2D eigenvalue weighted by Gasteiger charge is -2.08. The van der Waals surface area contributed by atoms with Gasteiger partial charge in [0.2, 0.25) is 15.9 Å². The van der Waals surface area contributed by atoms with Crippen molar-refractivity contribution in [3.05, 3.63) is 103 Å². The molecule has 7 heteroatoms. The zero-order valence-corrected chi connectivity index (χ0v) is 17.3. The molecule has 0 aliphatic carbocycles. The lowest BCUT2D eigenvalue weighted by atomic mass is 10.0. The molecule has 1 aromatic heterocycles. The minimum Gasteiger partial charge on any atom is -0.468 e. The first kappa shape index (κ1) is 20.6. The van der Waals surface area contributed by atoms with Crippen LogP contribution in [0.25, 0.3) is 16.8 Å². The summed E-state index contributed by atoms with van der Waals surface area (Å²) in [5.41, 5.74) is 1.31. The summed E-state index contributed by atoms with van der Waals surface area (Å²) in [6.07, 6.45) is 4.65. The van der Waals surface area contributed by atoms with Crippen molar-refractivity contribution in [1.29, 1.82) is 0 Å². The topological polar surface area (TPSA) is 88.4 Å². The Labute approximate surface area is 180 Å². The predicted octanol–water partition coefficient (Wildman–Crippen LogP) is 4.56. The molecule has 31 heavy (non-hydrogen) atoms. The first-order valence-corrected chi connectivity index (χ1v) is 11.1. The predicted molar refractivity (Wildman–Crippen MR) is 121 cm³/mol. The molecule has 0 aliphatic heterocycles. The van der Waals surface area contributed by atoms with Gasteiger partial charge in [-0.05, 0) is 52.7 Å². The molecule has 1 amide bonds. The molecule has 2 N–H and O–H groups in total. The smallest absolute Gasteiger partial charge is 0.248 e. The van der Waals surface area contributed by atoms with E-state index in [9.17, 15) is 13.2 Å². The van der Waals surface area contributed by atoms with Crippen molar-refractivity contribution >= 4 is 38.5 Å². The van der Waals surface area contributed by atoms with E-state index in [4.69, 9.17) is 4.42 Å². The molecule has 0 saturated carbocycles. The number of anilines is 1. The zero-order chi connectivity index (χ0) is 21.7. The highest BCUT2D eigenvalue weighted by atomic mass is 32.2. The number of carbonyl (C=O) groups excluding carboxylic acids is 1. The molecule has 3 aromatic carbocycles. The summed E-state index contributed by atoms with van der Waals surface area (Å²) >= 11 is 0. The van der Waals surface area contributed by atoms with Gasteiger partial charge in [0.15, 0.2) is 0 Å². The van der Waals surface area contributed by atoms with Crippen molar-refractivity contribution in [2.45, 2.75) is 11.4 Å². The molecule has 0 radical (unpaired) electrons.